The predicted molar refractivity (Wildman–Crippen MR) is 74.1 cm³/mol. The average molecular weight is 298 g/mol. The molecule has 2 aliphatic heterocycles. The van der Waals surface area contributed by atoms with Gasteiger partial charge in [-0.2, -0.15) is 8.78 Å². The van der Waals surface area contributed by atoms with Crippen LogP contribution in [-0.2, 0) is 0 Å². The molecule has 0 radical (unpaired) electrons. The third kappa shape index (κ3) is 2.81. The molecule has 0 bridgehead atoms. The third-order valence-corrected chi connectivity index (χ3v) is 4.73. The number of halogens is 2. The lowest BCUT2D eigenvalue weighted by molar-refractivity contribution is 0.0781. The first-order valence-electron chi connectivity index (χ1n) is 6.68. The van der Waals surface area contributed by atoms with Gasteiger partial charge in [0.1, 0.15) is 0 Å². The van der Waals surface area contributed by atoms with Gasteiger partial charge in [-0.05, 0) is 36.1 Å². The van der Waals surface area contributed by atoms with E-state index in [1.807, 2.05) is 4.90 Å². The van der Waals surface area contributed by atoms with E-state index in [9.17, 15) is 13.6 Å². The lowest BCUT2D eigenvalue weighted by Crippen LogP contribution is -2.31. The van der Waals surface area contributed by atoms with Crippen molar-refractivity contribution in [2.24, 2.45) is 11.8 Å². The van der Waals surface area contributed by atoms with Gasteiger partial charge in [0.2, 0.25) is 0 Å². The number of nitrogens with zero attached hydrogens (tertiary/aromatic N) is 1. The number of carbonyl (C=O) groups excluding carboxylic acids is 1. The van der Waals surface area contributed by atoms with Crippen LogP contribution in [0.15, 0.2) is 29.2 Å². The molecule has 0 unspecified atom stereocenters. The minimum atomic E-state index is -2.43. The van der Waals surface area contributed by atoms with E-state index in [1.165, 1.54) is 0 Å². The number of fused-ring (bicyclic) bond motifs is 1. The second-order valence-electron chi connectivity index (χ2n) is 5.29. The van der Waals surface area contributed by atoms with Crippen molar-refractivity contribution in [1.82, 2.24) is 10.2 Å². The van der Waals surface area contributed by atoms with Crippen LogP contribution in [0.25, 0.3) is 0 Å². The number of hydrogen-bond donors (Lipinski definition) is 1. The smallest absolute Gasteiger partial charge is 0.288 e. The van der Waals surface area contributed by atoms with Crippen LogP contribution >= 0.6 is 11.8 Å². The molecule has 0 saturated carbocycles. The molecule has 1 aromatic carbocycles. The number of thioether (sulfide) groups is 1. The number of hydrogen-bond acceptors (Lipinski definition) is 3. The van der Waals surface area contributed by atoms with Gasteiger partial charge in [0.15, 0.2) is 0 Å². The van der Waals surface area contributed by atoms with E-state index >= 15 is 0 Å². The van der Waals surface area contributed by atoms with Gasteiger partial charge in [0.25, 0.3) is 11.7 Å². The summed E-state index contributed by atoms with van der Waals surface area (Å²) in [6, 6.07) is 6.45. The number of amides is 1. The van der Waals surface area contributed by atoms with Gasteiger partial charge in [0.05, 0.1) is 0 Å². The predicted octanol–water partition coefficient (Wildman–Crippen LogP) is 2.29. The molecule has 2 heterocycles. The molecule has 0 spiro atoms. The standard InChI is InChI=1S/C14H16F2N2OS/c15-14(16)20-12-3-1-9(2-4-12)13(19)18-7-10-5-17-6-11(10)8-18/h1-4,10-11,14,17H,5-8H2/t10-,11+. The normalized spacial score (nSPS) is 25.2. The fourth-order valence-corrected chi connectivity index (χ4v) is 3.48. The van der Waals surface area contributed by atoms with E-state index in [2.05, 4.69) is 5.32 Å². The Kier molecular flexibility index (Phi) is 3.94. The van der Waals surface area contributed by atoms with Gasteiger partial charge in [-0.15, -0.1) is 0 Å². The maximum absolute atomic E-state index is 12.4. The second-order valence-corrected chi connectivity index (χ2v) is 6.35. The average Bonchev–Trinajstić information content (AvgIpc) is 2.98. The molecule has 0 aromatic heterocycles. The van der Waals surface area contributed by atoms with E-state index in [1.54, 1.807) is 24.3 Å². The Bertz CT molecular complexity index is 482. The summed E-state index contributed by atoms with van der Waals surface area (Å²) in [6.45, 7) is 3.56. The molecular weight excluding hydrogens is 282 g/mol. The topological polar surface area (TPSA) is 32.3 Å². The molecule has 108 valence electrons. The van der Waals surface area contributed by atoms with Gasteiger partial charge in [-0.1, -0.05) is 11.8 Å². The lowest BCUT2D eigenvalue weighted by atomic mass is 10.0. The van der Waals surface area contributed by atoms with Gasteiger partial charge in [-0.25, -0.2) is 0 Å². The summed E-state index contributed by atoms with van der Waals surface area (Å²) < 4.78 is 24.5. The van der Waals surface area contributed by atoms with Crippen LogP contribution in [0.2, 0.25) is 0 Å². The van der Waals surface area contributed by atoms with E-state index in [4.69, 9.17) is 0 Å². The van der Waals surface area contributed by atoms with Gasteiger partial charge in [0, 0.05) is 36.6 Å². The van der Waals surface area contributed by atoms with Gasteiger partial charge >= 0.3 is 0 Å². The number of benzene rings is 1. The molecule has 1 aromatic rings. The Morgan fingerprint density at radius 3 is 2.35 bits per heavy atom. The zero-order valence-corrected chi connectivity index (χ0v) is 11.7. The summed E-state index contributed by atoms with van der Waals surface area (Å²) in [5, 5.41) is 3.34. The van der Waals surface area contributed by atoms with Crippen molar-refractivity contribution in [3.63, 3.8) is 0 Å². The molecule has 2 saturated heterocycles. The molecule has 3 nitrogen and oxygen atoms in total. The molecule has 1 amide bonds. The first kappa shape index (κ1) is 13.8. The number of rotatable bonds is 3. The lowest BCUT2D eigenvalue weighted by Gasteiger charge is -2.17. The first-order valence-corrected chi connectivity index (χ1v) is 7.56. The summed E-state index contributed by atoms with van der Waals surface area (Å²) in [5.74, 6) is -1.30. The Labute approximate surface area is 120 Å². The molecule has 20 heavy (non-hydrogen) atoms. The van der Waals surface area contributed by atoms with Crippen molar-refractivity contribution in [1.29, 1.82) is 0 Å². The minimum absolute atomic E-state index is 0.00740. The maximum Gasteiger partial charge on any atom is 0.288 e. The zero-order valence-electron chi connectivity index (χ0n) is 10.9. The molecule has 2 atom stereocenters. The molecule has 3 rings (SSSR count). The van der Waals surface area contributed by atoms with E-state index < -0.39 is 5.76 Å². The number of likely N-dealkylation sites (tertiary alicyclic amines) is 1. The largest absolute Gasteiger partial charge is 0.338 e. The Morgan fingerprint density at radius 2 is 1.80 bits per heavy atom. The third-order valence-electron chi connectivity index (χ3n) is 4.00. The second kappa shape index (κ2) is 5.69. The highest BCUT2D eigenvalue weighted by atomic mass is 32.2. The van der Waals surface area contributed by atoms with Gasteiger partial charge < -0.3 is 10.2 Å². The number of alkyl halides is 2. The Balaban J connectivity index is 1.65. The Morgan fingerprint density at radius 1 is 1.20 bits per heavy atom. The zero-order chi connectivity index (χ0) is 14.1. The molecule has 0 aliphatic carbocycles. The van der Waals surface area contributed by atoms with Crippen LogP contribution in [0.4, 0.5) is 8.78 Å². The van der Waals surface area contributed by atoms with Crippen molar-refractivity contribution in [3.05, 3.63) is 29.8 Å². The van der Waals surface area contributed by atoms with Crippen LogP contribution in [0, 0.1) is 11.8 Å². The van der Waals surface area contributed by atoms with Gasteiger partial charge in [-0.3, -0.25) is 4.79 Å². The highest BCUT2D eigenvalue weighted by Gasteiger charge is 2.38. The maximum atomic E-state index is 12.4. The fourth-order valence-electron chi connectivity index (χ4n) is 2.98. The molecule has 1 N–H and O–H groups in total. The highest BCUT2D eigenvalue weighted by Crippen LogP contribution is 2.28. The fraction of sp³-hybridized carbons (Fsp3) is 0.500. The minimum Gasteiger partial charge on any atom is -0.338 e. The van der Waals surface area contributed by atoms with Crippen molar-refractivity contribution in [2.45, 2.75) is 10.7 Å². The summed E-state index contributed by atoms with van der Waals surface area (Å²) >= 11 is 0.498. The van der Waals surface area contributed by atoms with E-state index in [-0.39, 0.29) is 5.91 Å². The number of carbonyl (C=O) groups is 1. The number of nitrogens with one attached hydrogen (secondary N) is 1. The van der Waals surface area contributed by atoms with E-state index in [0.29, 0.717) is 34.1 Å². The van der Waals surface area contributed by atoms with Crippen LogP contribution in [0.5, 0.6) is 0 Å². The SMILES string of the molecule is O=C(c1ccc(SC(F)F)cc1)N1C[C@H]2CNC[C@H]2C1. The summed E-state index contributed by atoms with van der Waals surface area (Å²) in [4.78, 5) is 14.7. The Hall–Kier alpha value is -1.14. The van der Waals surface area contributed by atoms with Crippen LogP contribution < -0.4 is 5.32 Å². The van der Waals surface area contributed by atoms with Crippen molar-refractivity contribution >= 4 is 17.7 Å². The van der Waals surface area contributed by atoms with Crippen LogP contribution in [-0.4, -0.2) is 42.7 Å². The molecule has 6 heteroatoms. The molecule has 2 fully saturated rings. The summed E-state index contributed by atoms with van der Waals surface area (Å²) in [7, 11) is 0. The van der Waals surface area contributed by atoms with E-state index in [0.717, 1.165) is 26.2 Å². The highest BCUT2D eigenvalue weighted by molar-refractivity contribution is 7.99. The first-order chi connectivity index (χ1) is 9.63. The van der Waals surface area contributed by atoms with Crippen molar-refractivity contribution in [3.8, 4) is 0 Å². The molecular formula is C14H16F2N2OS. The summed E-state index contributed by atoms with van der Waals surface area (Å²) in [5.41, 5.74) is 0.580. The van der Waals surface area contributed by atoms with Crippen LogP contribution in [0.1, 0.15) is 10.4 Å². The summed E-state index contributed by atoms with van der Waals surface area (Å²) in [6.07, 6.45) is 0. The van der Waals surface area contributed by atoms with Crippen LogP contribution in [0.3, 0.4) is 0 Å². The quantitative estimate of drug-likeness (QED) is 0.869. The monoisotopic (exact) mass is 298 g/mol. The van der Waals surface area contributed by atoms with Crippen molar-refractivity contribution < 1.29 is 13.6 Å². The molecule has 2 aliphatic rings. The van der Waals surface area contributed by atoms with Crippen molar-refractivity contribution in [2.75, 3.05) is 26.2 Å².